The molecule has 3 aromatic rings. The van der Waals surface area contributed by atoms with Gasteiger partial charge in [-0.05, 0) is 42.5 Å². The molecule has 5 nitrogen and oxygen atoms in total. The summed E-state index contributed by atoms with van der Waals surface area (Å²) >= 11 is 11.9. The quantitative estimate of drug-likeness (QED) is 0.442. The van der Waals surface area contributed by atoms with E-state index in [2.05, 4.69) is 0 Å². The Morgan fingerprint density at radius 1 is 1.15 bits per heavy atom. The second kappa shape index (κ2) is 8.78. The second-order valence-electron chi connectivity index (χ2n) is 5.84. The number of carbonyl (C=O) groups is 1. The number of Topliss-reactive ketones (excluding diaryl/α,β-unsaturated/α-hetero) is 1. The van der Waals surface area contributed by atoms with E-state index in [1.807, 2.05) is 42.1 Å². The van der Waals surface area contributed by atoms with Gasteiger partial charge in [0.05, 0.1) is 24.2 Å². The number of ketones is 1. The molecule has 0 radical (unpaired) electrons. The van der Waals surface area contributed by atoms with E-state index < -0.39 is 0 Å². The number of anilines is 1. The third-order valence-corrected chi connectivity index (χ3v) is 4.96. The van der Waals surface area contributed by atoms with Gasteiger partial charge in [-0.25, -0.2) is 9.13 Å². The van der Waals surface area contributed by atoms with Crippen molar-refractivity contribution in [2.75, 3.05) is 12.8 Å². The molecule has 3 rings (SSSR count). The van der Waals surface area contributed by atoms with Crippen molar-refractivity contribution in [3.63, 3.8) is 0 Å². The molecule has 0 bridgehead atoms. The first kappa shape index (κ1) is 21.3. The minimum Gasteiger partial charge on any atom is -1.00 e. The van der Waals surface area contributed by atoms with E-state index in [1.165, 1.54) is 0 Å². The van der Waals surface area contributed by atoms with Gasteiger partial charge >= 0.3 is 5.95 Å². The molecule has 2 aromatic carbocycles. The van der Waals surface area contributed by atoms with Gasteiger partial charge in [0.1, 0.15) is 24.2 Å². The standard InChI is InChI=1S/C19H17Cl2N3O2.BrH/c1-23-17(12-3-6-14(26-2)7-4-12)10-24(19(23)22)11-18(25)13-5-8-15(20)16(21)9-13;/h3-10,22H,11H2,1-2H3;1H. The average molecular weight is 471 g/mol. The Kier molecular flexibility index (Phi) is 6.92. The van der Waals surface area contributed by atoms with Crippen molar-refractivity contribution in [3.8, 4) is 17.0 Å². The van der Waals surface area contributed by atoms with Crippen molar-refractivity contribution < 1.29 is 31.1 Å². The molecule has 0 aliphatic rings. The Morgan fingerprint density at radius 3 is 2.41 bits per heavy atom. The highest BCUT2D eigenvalue weighted by molar-refractivity contribution is 6.42. The molecule has 2 N–H and O–H groups in total. The van der Waals surface area contributed by atoms with E-state index in [9.17, 15) is 4.79 Å². The predicted octanol–water partition coefficient (Wildman–Crippen LogP) is 0.764. The van der Waals surface area contributed by atoms with Gasteiger partial charge in [0, 0.05) is 11.1 Å². The van der Waals surface area contributed by atoms with E-state index in [0.717, 1.165) is 17.0 Å². The monoisotopic (exact) mass is 469 g/mol. The summed E-state index contributed by atoms with van der Waals surface area (Å²) in [6.45, 7) is 0.105. The number of nitrogen functional groups attached to an aromatic ring is 1. The highest BCUT2D eigenvalue weighted by Crippen LogP contribution is 2.24. The van der Waals surface area contributed by atoms with Crippen molar-refractivity contribution in [1.82, 2.24) is 4.57 Å². The van der Waals surface area contributed by atoms with Crippen LogP contribution in [-0.2, 0) is 13.6 Å². The molecule has 0 atom stereocenters. The third kappa shape index (κ3) is 4.46. The molecule has 1 heterocycles. The number of rotatable bonds is 5. The van der Waals surface area contributed by atoms with Crippen LogP contribution < -0.4 is 32.0 Å². The van der Waals surface area contributed by atoms with Gasteiger partial charge in [-0.2, -0.15) is 0 Å². The molecule has 0 spiro atoms. The Morgan fingerprint density at radius 2 is 1.81 bits per heavy atom. The molecular formula is C19H18BrCl2N3O2. The fourth-order valence-corrected chi connectivity index (χ4v) is 2.99. The molecule has 0 saturated heterocycles. The van der Waals surface area contributed by atoms with Crippen molar-refractivity contribution in [1.29, 1.82) is 0 Å². The number of halogens is 3. The van der Waals surface area contributed by atoms with Crippen LogP contribution in [0.15, 0.2) is 48.7 Å². The fraction of sp³-hybridized carbons (Fsp3) is 0.158. The van der Waals surface area contributed by atoms with Crippen molar-refractivity contribution >= 4 is 34.9 Å². The Labute approximate surface area is 178 Å². The van der Waals surface area contributed by atoms with Gasteiger partial charge in [0.2, 0.25) is 0 Å². The van der Waals surface area contributed by atoms with Crippen LogP contribution in [0.3, 0.4) is 0 Å². The minimum absolute atomic E-state index is 0. The summed E-state index contributed by atoms with van der Waals surface area (Å²) in [5.74, 6) is 1.15. The highest BCUT2D eigenvalue weighted by Gasteiger charge is 2.20. The normalized spacial score (nSPS) is 10.4. The molecule has 1 aromatic heterocycles. The lowest BCUT2D eigenvalue weighted by atomic mass is 10.1. The van der Waals surface area contributed by atoms with E-state index in [-0.39, 0.29) is 29.3 Å². The highest BCUT2D eigenvalue weighted by atomic mass is 79.9. The maximum atomic E-state index is 12.6. The summed E-state index contributed by atoms with van der Waals surface area (Å²) < 4.78 is 8.73. The molecule has 0 aliphatic heterocycles. The molecule has 0 amide bonds. The van der Waals surface area contributed by atoms with Crippen LogP contribution in [0.2, 0.25) is 10.0 Å². The lowest BCUT2D eigenvalue weighted by molar-refractivity contribution is -0.667. The van der Waals surface area contributed by atoms with Crippen molar-refractivity contribution in [2.45, 2.75) is 6.54 Å². The van der Waals surface area contributed by atoms with Gasteiger partial charge in [-0.15, -0.1) is 0 Å². The van der Waals surface area contributed by atoms with E-state index in [0.29, 0.717) is 21.6 Å². The lowest BCUT2D eigenvalue weighted by Gasteiger charge is -2.02. The number of methoxy groups -OCH3 is 1. The third-order valence-electron chi connectivity index (χ3n) is 4.22. The number of hydrogen-bond acceptors (Lipinski definition) is 3. The van der Waals surface area contributed by atoms with Crippen molar-refractivity contribution in [3.05, 3.63) is 64.3 Å². The zero-order chi connectivity index (χ0) is 18.8. The molecule has 0 saturated carbocycles. The average Bonchev–Trinajstić information content (AvgIpc) is 2.92. The first-order valence-electron chi connectivity index (χ1n) is 7.88. The number of benzene rings is 2. The number of hydrogen-bond donors (Lipinski definition) is 1. The van der Waals surface area contributed by atoms with Crippen LogP contribution in [0.25, 0.3) is 11.3 Å². The van der Waals surface area contributed by atoms with Crippen LogP contribution >= 0.6 is 23.2 Å². The first-order chi connectivity index (χ1) is 12.4. The molecule has 0 fully saturated rings. The number of nitrogens with zero attached hydrogens (tertiary/aromatic N) is 2. The number of imidazole rings is 1. The van der Waals surface area contributed by atoms with Gasteiger partial charge in [-0.1, -0.05) is 23.2 Å². The summed E-state index contributed by atoms with van der Waals surface area (Å²) in [6.07, 6.45) is 1.85. The minimum atomic E-state index is -0.104. The fourth-order valence-electron chi connectivity index (χ4n) is 2.69. The summed E-state index contributed by atoms with van der Waals surface area (Å²) in [7, 11) is 3.48. The molecule has 142 valence electrons. The summed E-state index contributed by atoms with van der Waals surface area (Å²) in [4.78, 5) is 12.6. The zero-order valence-electron chi connectivity index (χ0n) is 14.7. The summed E-state index contributed by atoms with van der Waals surface area (Å²) in [6, 6.07) is 12.5. The number of nitrogens with two attached hydrogens (primary N) is 1. The maximum Gasteiger partial charge on any atom is 0.355 e. The van der Waals surface area contributed by atoms with E-state index in [4.69, 9.17) is 33.7 Å². The SMILES string of the molecule is COc1ccc(-c2c[n+](CC(=O)c3ccc(Cl)c(Cl)c3)c(N)n2C)cc1.[Br-]. The molecule has 8 heteroatoms. The molecule has 0 unspecified atom stereocenters. The zero-order valence-corrected chi connectivity index (χ0v) is 17.8. The maximum absolute atomic E-state index is 12.6. The van der Waals surface area contributed by atoms with Gasteiger partial charge in [-0.3, -0.25) is 10.5 Å². The van der Waals surface area contributed by atoms with Gasteiger partial charge in [0.25, 0.3) is 0 Å². The first-order valence-corrected chi connectivity index (χ1v) is 8.63. The van der Waals surface area contributed by atoms with Crippen LogP contribution in [0.4, 0.5) is 5.95 Å². The summed E-state index contributed by atoms with van der Waals surface area (Å²) in [5.41, 5.74) is 8.53. The topological polar surface area (TPSA) is 61.1 Å². The van der Waals surface area contributed by atoms with Crippen LogP contribution in [0, 0.1) is 0 Å². The second-order valence-corrected chi connectivity index (χ2v) is 6.65. The van der Waals surface area contributed by atoms with Gasteiger partial charge < -0.3 is 21.7 Å². The molecule has 0 aliphatic carbocycles. The van der Waals surface area contributed by atoms with E-state index in [1.54, 1.807) is 29.9 Å². The van der Waals surface area contributed by atoms with Crippen LogP contribution in [-0.4, -0.2) is 17.5 Å². The summed E-state index contributed by atoms with van der Waals surface area (Å²) in [5, 5.41) is 0.763. The smallest absolute Gasteiger partial charge is 0.355 e. The number of ether oxygens (including phenoxy) is 1. The number of carbonyl (C=O) groups excluding carboxylic acids is 1. The lowest BCUT2D eigenvalue weighted by Crippen LogP contribution is -3.00. The van der Waals surface area contributed by atoms with Crippen molar-refractivity contribution in [2.24, 2.45) is 7.05 Å². The molecule has 27 heavy (non-hydrogen) atoms. The largest absolute Gasteiger partial charge is 1.00 e. The molecular weight excluding hydrogens is 453 g/mol. The van der Waals surface area contributed by atoms with Crippen LogP contribution in [0.1, 0.15) is 10.4 Å². The van der Waals surface area contributed by atoms with Crippen LogP contribution in [0.5, 0.6) is 5.75 Å². The Bertz CT molecular complexity index is 972. The number of aromatic nitrogens is 2. The van der Waals surface area contributed by atoms with Gasteiger partial charge in [0.15, 0.2) is 5.78 Å². The van der Waals surface area contributed by atoms with E-state index >= 15 is 0 Å². The Hall–Kier alpha value is -2.02. The Balaban J connectivity index is 0.00000261. The predicted molar refractivity (Wildman–Crippen MR) is 103 cm³/mol.